The fourth-order valence-corrected chi connectivity index (χ4v) is 4.62. The maximum atomic E-state index is 5.24. The minimum absolute atomic E-state index is 0.417. The summed E-state index contributed by atoms with van der Waals surface area (Å²) in [6.07, 6.45) is 4.12. The molecule has 0 aliphatic carbocycles. The number of anilines is 1. The SMILES string of the molecule is COc1ccnc(N(C)C2CCCN(Cc3csc4ccccc34)C2)n1. The molecule has 0 radical (unpaired) electrons. The van der Waals surface area contributed by atoms with Gasteiger partial charge in [0.2, 0.25) is 11.8 Å². The number of ether oxygens (including phenoxy) is 1. The first-order chi connectivity index (χ1) is 12.7. The van der Waals surface area contributed by atoms with Crippen LogP contribution in [-0.2, 0) is 6.54 Å². The second kappa shape index (κ2) is 7.60. The van der Waals surface area contributed by atoms with Crippen molar-refractivity contribution >= 4 is 27.4 Å². The van der Waals surface area contributed by atoms with Crippen LogP contribution in [0.5, 0.6) is 5.88 Å². The van der Waals surface area contributed by atoms with E-state index in [9.17, 15) is 0 Å². The van der Waals surface area contributed by atoms with Gasteiger partial charge in [0, 0.05) is 43.1 Å². The summed E-state index contributed by atoms with van der Waals surface area (Å²) < 4.78 is 6.61. The lowest BCUT2D eigenvalue weighted by atomic mass is 10.0. The molecule has 4 rings (SSSR count). The van der Waals surface area contributed by atoms with E-state index in [0.29, 0.717) is 11.9 Å². The number of rotatable bonds is 5. The average Bonchev–Trinajstić information content (AvgIpc) is 3.10. The molecule has 0 bridgehead atoms. The van der Waals surface area contributed by atoms with Gasteiger partial charge in [-0.3, -0.25) is 4.90 Å². The van der Waals surface area contributed by atoms with Crippen molar-refractivity contribution in [2.45, 2.75) is 25.4 Å². The zero-order chi connectivity index (χ0) is 17.9. The highest BCUT2D eigenvalue weighted by atomic mass is 32.1. The molecule has 1 unspecified atom stereocenters. The highest BCUT2D eigenvalue weighted by Crippen LogP contribution is 2.28. The van der Waals surface area contributed by atoms with Crippen molar-refractivity contribution in [1.29, 1.82) is 0 Å². The first-order valence-electron chi connectivity index (χ1n) is 9.02. The summed E-state index contributed by atoms with van der Waals surface area (Å²) in [5.41, 5.74) is 1.44. The number of likely N-dealkylation sites (N-methyl/N-ethyl adjacent to an activating group) is 1. The monoisotopic (exact) mass is 368 g/mol. The van der Waals surface area contributed by atoms with Gasteiger partial charge in [-0.2, -0.15) is 4.98 Å². The minimum Gasteiger partial charge on any atom is -0.481 e. The molecule has 5 nitrogen and oxygen atoms in total. The van der Waals surface area contributed by atoms with Crippen LogP contribution in [0, 0.1) is 0 Å². The fourth-order valence-electron chi connectivity index (χ4n) is 3.67. The van der Waals surface area contributed by atoms with Gasteiger partial charge in [-0.15, -0.1) is 11.3 Å². The molecule has 0 saturated carbocycles. The van der Waals surface area contributed by atoms with Gasteiger partial charge >= 0.3 is 0 Å². The molecular formula is C20H24N4OS. The van der Waals surface area contributed by atoms with E-state index >= 15 is 0 Å². The summed E-state index contributed by atoms with van der Waals surface area (Å²) in [7, 11) is 3.72. The van der Waals surface area contributed by atoms with E-state index in [1.807, 2.05) is 11.3 Å². The van der Waals surface area contributed by atoms with Crippen LogP contribution < -0.4 is 9.64 Å². The van der Waals surface area contributed by atoms with E-state index in [0.717, 1.165) is 32.0 Å². The molecule has 1 aromatic carbocycles. The lowest BCUT2D eigenvalue weighted by molar-refractivity contribution is 0.199. The first-order valence-corrected chi connectivity index (χ1v) is 9.90. The summed E-state index contributed by atoms with van der Waals surface area (Å²) in [4.78, 5) is 13.7. The zero-order valence-corrected chi connectivity index (χ0v) is 16.1. The molecule has 0 N–H and O–H groups in total. The topological polar surface area (TPSA) is 41.5 Å². The van der Waals surface area contributed by atoms with Gasteiger partial charge in [-0.05, 0) is 41.8 Å². The minimum atomic E-state index is 0.417. The molecule has 1 aliphatic heterocycles. The van der Waals surface area contributed by atoms with Crippen molar-refractivity contribution < 1.29 is 4.74 Å². The van der Waals surface area contributed by atoms with Crippen molar-refractivity contribution in [2.75, 3.05) is 32.1 Å². The van der Waals surface area contributed by atoms with Crippen molar-refractivity contribution in [3.05, 3.63) is 47.5 Å². The highest BCUT2D eigenvalue weighted by Gasteiger charge is 2.25. The van der Waals surface area contributed by atoms with Crippen LogP contribution in [0.2, 0.25) is 0 Å². The molecule has 2 aromatic heterocycles. The van der Waals surface area contributed by atoms with E-state index < -0.39 is 0 Å². The quantitative estimate of drug-likeness (QED) is 0.685. The van der Waals surface area contributed by atoms with Gasteiger partial charge in [0.15, 0.2) is 0 Å². The summed E-state index contributed by atoms with van der Waals surface area (Å²) in [5.74, 6) is 1.34. The molecule has 1 saturated heterocycles. The smallest absolute Gasteiger partial charge is 0.228 e. The van der Waals surface area contributed by atoms with Gasteiger partial charge in [0.05, 0.1) is 7.11 Å². The second-order valence-corrected chi connectivity index (χ2v) is 7.71. The molecule has 136 valence electrons. The van der Waals surface area contributed by atoms with Crippen LogP contribution in [0.3, 0.4) is 0 Å². The lowest BCUT2D eigenvalue weighted by Crippen LogP contribution is -2.46. The molecule has 0 amide bonds. The third-order valence-electron chi connectivity index (χ3n) is 5.13. The molecule has 1 fully saturated rings. The number of hydrogen-bond acceptors (Lipinski definition) is 6. The molecule has 0 spiro atoms. The Morgan fingerprint density at radius 2 is 2.19 bits per heavy atom. The van der Waals surface area contributed by atoms with Crippen molar-refractivity contribution in [2.24, 2.45) is 0 Å². The largest absolute Gasteiger partial charge is 0.481 e. The molecular weight excluding hydrogens is 344 g/mol. The molecule has 3 aromatic rings. The van der Waals surface area contributed by atoms with E-state index in [-0.39, 0.29) is 0 Å². The molecule has 1 aliphatic rings. The van der Waals surface area contributed by atoms with Gasteiger partial charge in [0.1, 0.15) is 0 Å². The number of benzene rings is 1. The predicted octanol–water partition coefficient (Wildman–Crippen LogP) is 3.80. The van der Waals surface area contributed by atoms with Crippen molar-refractivity contribution in [3.8, 4) is 5.88 Å². The second-order valence-electron chi connectivity index (χ2n) is 6.80. The normalized spacial score (nSPS) is 18.2. The summed E-state index contributed by atoms with van der Waals surface area (Å²) in [5, 5.41) is 3.70. The Kier molecular flexibility index (Phi) is 5.04. The van der Waals surface area contributed by atoms with Crippen molar-refractivity contribution in [1.82, 2.24) is 14.9 Å². The van der Waals surface area contributed by atoms with Crippen LogP contribution >= 0.6 is 11.3 Å². The maximum absolute atomic E-state index is 5.24. The Morgan fingerprint density at radius 1 is 1.31 bits per heavy atom. The van der Waals surface area contributed by atoms with Gasteiger partial charge < -0.3 is 9.64 Å². The van der Waals surface area contributed by atoms with Gasteiger partial charge in [-0.25, -0.2) is 4.98 Å². The van der Waals surface area contributed by atoms with Crippen LogP contribution in [-0.4, -0.2) is 48.2 Å². The first kappa shape index (κ1) is 17.2. The summed E-state index contributed by atoms with van der Waals surface area (Å²) in [6, 6.07) is 10.9. The number of thiophene rings is 1. The molecule has 6 heteroatoms. The van der Waals surface area contributed by atoms with Gasteiger partial charge in [0.25, 0.3) is 0 Å². The Morgan fingerprint density at radius 3 is 3.08 bits per heavy atom. The lowest BCUT2D eigenvalue weighted by Gasteiger charge is -2.37. The average molecular weight is 369 g/mol. The number of aromatic nitrogens is 2. The van der Waals surface area contributed by atoms with E-state index in [1.165, 1.54) is 22.1 Å². The van der Waals surface area contributed by atoms with Crippen LogP contribution in [0.25, 0.3) is 10.1 Å². The fraction of sp³-hybridized carbons (Fsp3) is 0.400. The van der Waals surface area contributed by atoms with Gasteiger partial charge in [-0.1, -0.05) is 18.2 Å². The van der Waals surface area contributed by atoms with E-state index in [1.54, 1.807) is 19.4 Å². The number of nitrogens with zero attached hydrogens (tertiary/aromatic N) is 4. The Balaban J connectivity index is 1.47. The number of likely N-dealkylation sites (tertiary alicyclic amines) is 1. The number of hydrogen-bond donors (Lipinski definition) is 0. The molecule has 26 heavy (non-hydrogen) atoms. The number of methoxy groups -OCH3 is 1. The third-order valence-corrected chi connectivity index (χ3v) is 6.14. The summed E-state index contributed by atoms with van der Waals surface area (Å²) in [6.45, 7) is 3.18. The van der Waals surface area contributed by atoms with Crippen molar-refractivity contribution in [3.63, 3.8) is 0 Å². The molecule has 1 atom stereocenters. The third kappa shape index (κ3) is 3.52. The van der Waals surface area contributed by atoms with E-state index in [2.05, 4.69) is 56.5 Å². The van der Waals surface area contributed by atoms with Crippen LogP contribution in [0.1, 0.15) is 18.4 Å². The number of piperidine rings is 1. The van der Waals surface area contributed by atoms with Crippen LogP contribution in [0.4, 0.5) is 5.95 Å². The Hall–Kier alpha value is -2.18. The summed E-state index contributed by atoms with van der Waals surface area (Å²) >= 11 is 1.84. The van der Waals surface area contributed by atoms with Crippen LogP contribution in [0.15, 0.2) is 41.9 Å². The number of fused-ring (bicyclic) bond motifs is 1. The van der Waals surface area contributed by atoms with E-state index in [4.69, 9.17) is 4.74 Å². The zero-order valence-electron chi connectivity index (χ0n) is 15.3. The standard InChI is InChI=1S/C20H24N4OS/c1-23(20-21-10-9-19(22-20)25-2)16-6-5-11-24(13-16)12-15-14-26-18-8-4-3-7-17(15)18/h3-4,7-10,14,16H,5-6,11-13H2,1-2H3. The molecule has 3 heterocycles. The maximum Gasteiger partial charge on any atom is 0.228 e. The highest BCUT2D eigenvalue weighted by molar-refractivity contribution is 7.17. The Labute approximate surface area is 158 Å². The Bertz CT molecular complexity index is 881. The predicted molar refractivity (Wildman–Crippen MR) is 107 cm³/mol.